The van der Waals surface area contributed by atoms with Crippen LogP contribution in [0.4, 0.5) is 5.69 Å². The van der Waals surface area contributed by atoms with E-state index in [1.807, 2.05) is 13.8 Å². The lowest BCUT2D eigenvalue weighted by atomic mass is 10.1. The Hall–Kier alpha value is -1.11. The number of piperazine rings is 1. The molecule has 0 spiro atoms. The summed E-state index contributed by atoms with van der Waals surface area (Å²) in [5, 5.41) is 7.84. The van der Waals surface area contributed by atoms with Crippen molar-refractivity contribution in [2.45, 2.75) is 25.9 Å². The molecule has 21 heavy (non-hydrogen) atoms. The first kappa shape index (κ1) is 14.8. The largest absolute Gasteiger partial charge is 0.366 e. The molecule has 1 aromatic heterocycles. The van der Waals surface area contributed by atoms with Crippen LogP contribution in [0.15, 0.2) is 11.0 Å². The number of nitrogens with zero attached hydrogens (tertiary/aromatic N) is 4. The van der Waals surface area contributed by atoms with Gasteiger partial charge < -0.3 is 10.2 Å². The summed E-state index contributed by atoms with van der Waals surface area (Å²) in [4.78, 5) is 16.9. The van der Waals surface area contributed by atoms with Gasteiger partial charge in [-0.2, -0.15) is 5.10 Å². The van der Waals surface area contributed by atoms with Crippen LogP contribution in [0.3, 0.4) is 0 Å². The first-order valence-electron chi connectivity index (χ1n) is 7.55. The Morgan fingerprint density at radius 1 is 1.29 bits per heavy atom. The van der Waals surface area contributed by atoms with Crippen LogP contribution in [-0.4, -0.2) is 60.0 Å². The third-order valence-corrected chi connectivity index (χ3v) is 4.70. The first-order chi connectivity index (χ1) is 10.1. The van der Waals surface area contributed by atoms with Crippen LogP contribution in [0.5, 0.6) is 0 Å². The molecule has 0 radical (unpaired) electrons. The van der Waals surface area contributed by atoms with Gasteiger partial charge in [0.15, 0.2) is 0 Å². The van der Waals surface area contributed by atoms with Crippen molar-refractivity contribution in [2.24, 2.45) is 0 Å². The van der Waals surface area contributed by atoms with Gasteiger partial charge in [0.25, 0.3) is 5.56 Å². The summed E-state index contributed by atoms with van der Waals surface area (Å²) < 4.78 is 1.43. The molecule has 2 fully saturated rings. The van der Waals surface area contributed by atoms with Crippen molar-refractivity contribution in [2.75, 3.05) is 44.2 Å². The average Bonchev–Trinajstić information content (AvgIpc) is 2.40. The number of hydrogen-bond acceptors (Lipinski definition) is 5. The molecule has 116 valence electrons. The topological polar surface area (TPSA) is 53.4 Å². The minimum absolute atomic E-state index is 0.0204. The van der Waals surface area contributed by atoms with Gasteiger partial charge in [-0.25, -0.2) is 4.68 Å². The Labute approximate surface area is 129 Å². The highest BCUT2D eigenvalue weighted by molar-refractivity contribution is 6.33. The van der Waals surface area contributed by atoms with Crippen molar-refractivity contribution >= 4 is 17.3 Å². The van der Waals surface area contributed by atoms with Gasteiger partial charge in [-0.15, -0.1) is 0 Å². The van der Waals surface area contributed by atoms with Crippen molar-refractivity contribution in [1.82, 2.24) is 20.0 Å². The average molecular weight is 312 g/mol. The molecule has 3 heterocycles. The molecular weight excluding hydrogens is 290 g/mol. The molecule has 1 aromatic rings. The highest BCUT2D eigenvalue weighted by Gasteiger charge is 2.28. The number of anilines is 1. The SMILES string of the molecule is CC(C)n1ncc(N2CCN(C3CNC3)CC2)c(Cl)c1=O. The summed E-state index contributed by atoms with van der Waals surface area (Å²) >= 11 is 6.27. The van der Waals surface area contributed by atoms with E-state index in [1.54, 1.807) is 6.20 Å². The van der Waals surface area contributed by atoms with Crippen LogP contribution in [0.1, 0.15) is 19.9 Å². The van der Waals surface area contributed by atoms with Crippen molar-refractivity contribution in [3.05, 3.63) is 21.6 Å². The quantitative estimate of drug-likeness (QED) is 0.884. The molecule has 2 aliphatic heterocycles. The lowest BCUT2D eigenvalue weighted by Gasteiger charge is -2.43. The zero-order valence-electron chi connectivity index (χ0n) is 12.5. The third-order valence-electron chi connectivity index (χ3n) is 4.35. The normalized spacial score (nSPS) is 20.9. The minimum atomic E-state index is -0.199. The van der Waals surface area contributed by atoms with Gasteiger partial charge in [-0.1, -0.05) is 11.6 Å². The maximum Gasteiger partial charge on any atom is 0.287 e. The molecule has 0 atom stereocenters. The van der Waals surface area contributed by atoms with E-state index in [0.717, 1.165) is 45.0 Å². The zero-order valence-corrected chi connectivity index (χ0v) is 13.3. The standard InChI is InChI=1S/C14H22ClN5O/c1-10(2)20-14(21)13(15)12(9-17-20)19-5-3-18(4-6-19)11-7-16-8-11/h9-11,16H,3-8H2,1-2H3. The Kier molecular flexibility index (Phi) is 4.19. The lowest BCUT2D eigenvalue weighted by Crippen LogP contribution is -2.61. The van der Waals surface area contributed by atoms with Gasteiger partial charge in [0, 0.05) is 45.3 Å². The third kappa shape index (κ3) is 2.80. The molecule has 1 N–H and O–H groups in total. The smallest absolute Gasteiger partial charge is 0.287 e. The number of aromatic nitrogens is 2. The fraction of sp³-hybridized carbons (Fsp3) is 0.714. The maximum absolute atomic E-state index is 12.2. The van der Waals surface area contributed by atoms with Crippen LogP contribution in [0, 0.1) is 0 Å². The molecule has 0 saturated carbocycles. The summed E-state index contributed by atoms with van der Waals surface area (Å²) in [6.45, 7) is 9.84. The lowest BCUT2D eigenvalue weighted by molar-refractivity contribution is 0.138. The Bertz CT molecular complexity index is 561. The van der Waals surface area contributed by atoms with E-state index in [9.17, 15) is 4.79 Å². The Morgan fingerprint density at radius 3 is 2.48 bits per heavy atom. The summed E-state index contributed by atoms with van der Waals surface area (Å²) in [6.07, 6.45) is 1.73. The van der Waals surface area contributed by atoms with Crippen LogP contribution in [0.2, 0.25) is 5.02 Å². The van der Waals surface area contributed by atoms with Crippen molar-refractivity contribution in [3.63, 3.8) is 0 Å². The molecule has 2 aliphatic rings. The zero-order chi connectivity index (χ0) is 15.0. The molecule has 0 aliphatic carbocycles. The van der Waals surface area contributed by atoms with Gasteiger partial charge in [-0.3, -0.25) is 9.69 Å². The highest BCUT2D eigenvalue weighted by Crippen LogP contribution is 2.23. The summed E-state index contributed by atoms with van der Waals surface area (Å²) in [5.74, 6) is 0. The fourth-order valence-corrected chi connectivity index (χ4v) is 3.14. The van der Waals surface area contributed by atoms with Gasteiger partial charge in [-0.05, 0) is 13.8 Å². The fourth-order valence-electron chi connectivity index (χ4n) is 2.88. The second kappa shape index (κ2) is 5.94. The predicted octanol–water partition coefficient (Wildman–Crippen LogP) is 0.571. The number of halogens is 1. The molecule has 6 nitrogen and oxygen atoms in total. The van der Waals surface area contributed by atoms with E-state index in [-0.39, 0.29) is 16.6 Å². The second-order valence-electron chi connectivity index (χ2n) is 6.02. The van der Waals surface area contributed by atoms with E-state index in [1.165, 1.54) is 4.68 Å². The molecule has 0 bridgehead atoms. The van der Waals surface area contributed by atoms with E-state index in [0.29, 0.717) is 6.04 Å². The molecule has 0 amide bonds. The van der Waals surface area contributed by atoms with Crippen molar-refractivity contribution in [1.29, 1.82) is 0 Å². The highest BCUT2D eigenvalue weighted by atomic mass is 35.5. The monoisotopic (exact) mass is 311 g/mol. The molecular formula is C14H22ClN5O. The van der Waals surface area contributed by atoms with Crippen molar-refractivity contribution in [3.8, 4) is 0 Å². The van der Waals surface area contributed by atoms with Gasteiger partial charge in [0.1, 0.15) is 5.02 Å². The number of nitrogens with one attached hydrogen (secondary N) is 1. The molecule has 0 unspecified atom stereocenters. The van der Waals surface area contributed by atoms with Crippen LogP contribution in [-0.2, 0) is 0 Å². The minimum Gasteiger partial charge on any atom is -0.366 e. The molecule has 7 heteroatoms. The van der Waals surface area contributed by atoms with E-state index < -0.39 is 0 Å². The van der Waals surface area contributed by atoms with Crippen molar-refractivity contribution < 1.29 is 0 Å². The van der Waals surface area contributed by atoms with Gasteiger partial charge >= 0.3 is 0 Å². The van der Waals surface area contributed by atoms with E-state index in [4.69, 9.17) is 11.6 Å². The summed E-state index contributed by atoms with van der Waals surface area (Å²) in [6, 6.07) is 0.696. The Morgan fingerprint density at radius 2 is 1.95 bits per heavy atom. The van der Waals surface area contributed by atoms with E-state index >= 15 is 0 Å². The molecule has 3 rings (SSSR count). The van der Waals surface area contributed by atoms with Crippen LogP contribution < -0.4 is 15.8 Å². The van der Waals surface area contributed by atoms with E-state index in [2.05, 4.69) is 20.2 Å². The Balaban J connectivity index is 1.73. The summed E-state index contributed by atoms with van der Waals surface area (Å²) in [5.41, 5.74) is 0.569. The number of rotatable bonds is 3. The second-order valence-corrected chi connectivity index (χ2v) is 6.40. The molecule has 2 saturated heterocycles. The summed E-state index contributed by atoms with van der Waals surface area (Å²) in [7, 11) is 0. The van der Waals surface area contributed by atoms with Crippen LogP contribution in [0.25, 0.3) is 0 Å². The maximum atomic E-state index is 12.2. The van der Waals surface area contributed by atoms with Gasteiger partial charge in [0.05, 0.1) is 17.9 Å². The number of hydrogen-bond donors (Lipinski definition) is 1. The first-order valence-corrected chi connectivity index (χ1v) is 7.92. The predicted molar refractivity (Wildman–Crippen MR) is 84.3 cm³/mol. The van der Waals surface area contributed by atoms with Crippen LogP contribution >= 0.6 is 11.6 Å². The molecule has 0 aromatic carbocycles. The van der Waals surface area contributed by atoms with Gasteiger partial charge in [0.2, 0.25) is 0 Å².